The highest BCUT2D eigenvalue weighted by Gasteiger charge is 2.35. The summed E-state index contributed by atoms with van der Waals surface area (Å²) in [4.78, 5) is 10.7. The molecule has 0 unspecified atom stereocenters. The van der Waals surface area contributed by atoms with Crippen molar-refractivity contribution < 1.29 is 0 Å². The Morgan fingerprint density at radius 2 is 0.980 bits per heavy atom. The van der Waals surface area contributed by atoms with Crippen LogP contribution >= 0.6 is 0 Å². The number of aromatic nitrogens is 2. The minimum Gasteiger partial charge on any atom is -0.228 e. The second-order valence-corrected chi connectivity index (χ2v) is 14.2. The van der Waals surface area contributed by atoms with Crippen molar-refractivity contribution in [2.45, 2.75) is 19.3 Å². The van der Waals surface area contributed by atoms with Gasteiger partial charge in [0.1, 0.15) is 0 Å². The maximum absolute atomic E-state index is 5.39. The Bertz CT molecular complexity index is 2810. The van der Waals surface area contributed by atoms with Gasteiger partial charge in [-0.05, 0) is 78.5 Å². The first-order valence-electron chi connectivity index (χ1n) is 17.7. The van der Waals surface area contributed by atoms with Crippen LogP contribution in [0.1, 0.15) is 25.0 Å². The van der Waals surface area contributed by atoms with Crippen LogP contribution in [0, 0.1) is 0 Å². The molecule has 1 aromatic heterocycles. The van der Waals surface area contributed by atoms with Gasteiger partial charge < -0.3 is 0 Å². The average Bonchev–Trinajstić information content (AvgIpc) is 3.42. The number of benzene rings is 8. The van der Waals surface area contributed by atoms with Crippen LogP contribution in [0.5, 0.6) is 0 Å². The molecule has 1 heterocycles. The first-order chi connectivity index (χ1) is 25.0. The van der Waals surface area contributed by atoms with Gasteiger partial charge in [-0.1, -0.05) is 166 Å². The largest absolute Gasteiger partial charge is 0.228 e. The van der Waals surface area contributed by atoms with E-state index in [4.69, 9.17) is 9.97 Å². The molecule has 0 saturated heterocycles. The zero-order valence-electron chi connectivity index (χ0n) is 28.6. The van der Waals surface area contributed by atoms with Crippen LogP contribution in [0.2, 0.25) is 0 Å². The van der Waals surface area contributed by atoms with Gasteiger partial charge in [-0.15, -0.1) is 0 Å². The lowest BCUT2D eigenvalue weighted by molar-refractivity contribution is 0.660. The molecule has 0 atom stereocenters. The first kappa shape index (κ1) is 29.5. The molecule has 51 heavy (non-hydrogen) atoms. The smallest absolute Gasteiger partial charge is 0.161 e. The Kier molecular flexibility index (Phi) is 6.56. The van der Waals surface area contributed by atoms with Gasteiger partial charge in [-0.2, -0.15) is 0 Å². The van der Waals surface area contributed by atoms with E-state index in [0.717, 1.165) is 39.3 Å². The average molecular weight is 651 g/mol. The Balaban J connectivity index is 1.15. The van der Waals surface area contributed by atoms with Gasteiger partial charge in [0.25, 0.3) is 0 Å². The third-order valence-corrected chi connectivity index (χ3v) is 10.9. The summed E-state index contributed by atoms with van der Waals surface area (Å²) in [5.74, 6) is 0.730. The van der Waals surface area contributed by atoms with Gasteiger partial charge in [0.05, 0.1) is 11.4 Å². The second-order valence-electron chi connectivity index (χ2n) is 14.2. The zero-order valence-corrected chi connectivity index (χ0v) is 28.6. The predicted molar refractivity (Wildman–Crippen MR) is 214 cm³/mol. The van der Waals surface area contributed by atoms with Crippen LogP contribution in [0.3, 0.4) is 0 Å². The van der Waals surface area contributed by atoms with Crippen LogP contribution in [-0.2, 0) is 5.41 Å². The zero-order chi connectivity index (χ0) is 34.1. The highest BCUT2D eigenvalue weighted by atomic mass is 14.9. The Morgan fingerprint density at radius 1 is 0.392 bits per heavy atom. The van der Waals surface area contributed by atoms with Crippen molar-refractivity contribution in [3.05, 3.63) is 181 Å². The third-order valence-electron chi connectivity index (χ3n) is 10.9. The topological polar surface area (TPSA) is 25.8 Å². The van der Waals surface area contributed by atoms with Crippen molar-refractivity contribution in [3.8, 4) is 56.2 Å². The molecule has 9 aromatic rings. The molecule has 10 rings (SSSR count). The van der Waals surface area contributed by atoms with Crippen molar-refractivity contribution in [1.82, 2.24) is 9.97 Å². The minimum absolute atomic E-state index is 0.00279. The lowest BCUT2D eigenvalue weighted by Gasteiger charge is -2.21. The third kappa shape index (κ3) is 4.71. The normalized spacial score (nSPS) is 13.1. The number of rotatable bonds is 4. The van der Waals surface area contributed by atoms with Crippen LogP contribution < -0.4 is 0 Å². The van der Waals surface area contributed by atoms with E-state index in [2.05, 4.69) is 178 Å². The summed E-state index contributed by atoms with van der Waals surface area (Å²) in [5, 5.41) is 7.09. The molecule has 0 N–H and O–H groups in total. The van der Waals surface area contributed by atoms with Crippen molar-refractivity contribution >= 4 is 32.3 Å². The fourth-order valence-corrected chi connectivity index (χ4v) is 8.27. The Labute approximate surface area is 297 Å². The summed E-state index contributed by atoms with van der Waals surface area (Å²) < 4.78 is 0. The summed E-state index contributed by atoms with van der Waals surface area (Å²) >= 11 is 0. The van der Waals surface area contributed by atoms with Gasteiger partial charge >= 0.3 is 0 Å². The van der Waals surface area contributed by atoms with E-state index in [0.29, 0.717) is 0 Å². The predicted octanol–water partition coefficient (Wildman–Crippen LogP) is 12.9. The van der Waals surface area contributed by atoms with Crippen LogP contribution in [0.15, 0.2) is 170 Å². The van der Waals surface area contributed by atoms with E-state index in [9.17, 15) is 0 Å². The SMILES string of the molecule is CC1(C)c2ccccc2-c2cc(-c3ccc(-c4cc(-c5ccccc5)nc(-c5c6ccccc6cc6ccc7ccccc7c56)n4)cc3)ccc21. The summed E-state index contributed by atoms with van der Waals surface area (Å²) in [5.41, 5.74) is 12.9. The molecular formula is C49H34N2. The maximum atomic E-state index is 5.39. The summed E-state index contributed by atoms with van der Waals surface area (Å²) in [6.45, 7) is 4.66. The van der Waals surface area contributed by atoms with E-state index < -0.39 is 0 Å². The van der Waals surface area contributed by atoms with Crippen molar-refractivity contribution in [2.24, 2.45) is 0 Å². The Hall–Kier alpha value is -6.38. The van der Waals surface area contributed by atoms with E-state index in [1.54, 1.807) is 0 Å². The molecule has 240 valence electrons. The maximum Gasteiger partial charge on any atom is 0.161 e. The van der Waals surface area contributed by atoms with Crippen molar-refractivity contribution in [2.75, 3.05) is 0 Å². The molecule has 1 aliphatic carbocycles. The molecule has 0 amide bonds. The van der Waals surface area contributed by atoms with Gasteiger partial charge in [0.15, 0.2) is 5.82 Å². The van der Waals surface area contributed by atoms with Gasteiger partial charge in [-0.25, -0.2) is 9.97 Å². The van der Waals surface area contributed by atoms with Gasteiger partial charge in [-0.3, -0.25) is 0 Å². The van der Waals surface area contributed by atoms with Crippen molar-refractivity contribution in [1.29, 1.82) is 0 Å². The highest BCUT2D eigenvalue weighted by molar-refractivity contribution is 6.21. The molecule has 8 aromatic carbocycles. The number of nitrogens with zero attached hydrogens (tertiary/aromatic N) is 2. The number of fused-ring (bicyclic) bond motifs is 7. The number of hydrogen-bond acceptors (Lipinski definition) is 2. The molecule has 0 radical (unpaired) electrons. The Morgan fingerprint density at radius 3 is 1.78 bits per heavy atom. The van der Waals surface area contributed by atoms with E-state index in [-0.39, 0.29) is 5.41 Å². The summed E-state index contributed by atoms with van der Waals surface area (Å²) in [6.07, 6.45) is 0. The van der Waals surface area contributed by atoms with E-state index >= 15 is 0 Å². The fourth-order valence-electron chi connectivity index (χ4n) is 8.27. The molecule has 2 heteroatoms. The molecule has 0 fully saturated rings. The lowest BCUT2D eigenvalue weighted by Crippen LogP contribution is -2.14. The second kappa shape index (κ2) is 11.3. The molecule has 0 spiro atoms. The fraction of sp³-hybridized carbons (Fsp3) is 0.0612. The number of hydrogen-bond donors (Lipinski definition) is 0. The van der Waals surface area contributed by atoms with E-state index in [1.807, 2.05) is 6.07 Å². The van der Waals surface area contributed by atoms with Crippen molar-refractivity contribution in [3.63, 3.8) is 0 Å². The first-order valence-corrected chi connectivity index (χ1v) is 17.7. The monoisotopic (exact) mass is 650 g/mol. The summed E-state index contributed by atoms with van der Waals surface area (Å²) in [7, 11) is 0. The standard InChI is InChI=1S/C49H34N2/c1-49(2)42-19-11-10-18-40(42)41-29-35(26-27-43(41)49)31-20-23-34(24-21-31)45-30-44(33-13-4-3-5-14-33)50-48(51-45)47-39-17-9-7-15-36(39)28-37-25-22-32-12-6-8-16-38(32)46(37)47/h3-30H,1-2H3. The molecule has 0 bridgehead atoms. The minimum atomic E-state index is -0.00279. The van der Waals surface area contributed by atoms with Crippen LogP contribution in [0.4, 0.5) is 0 Å². The lowest BCUT2D eigenvalue weighted by atomic mass is 9.82. The quantitative estimate of drug-likeness (QED) is 0.140. The molecule has 1 aliphatic rings. The highest BCUT2D eigenvalue weighted by Crippen LogP contribution is 2.49. The molecule has 0 aliphatic heterocycles. The van der Waals surface area contributed by atoms with Crippen LogP contribution in [0.25, 0.3) is 88.5 Å². The van der Waals surface area contributed by atoms with E-state index in [1.165, 1.54) is 60.3 Å². The van der Waals surface area contributed by atoms with Gasteiger partial charge in [0, 0.05) is 27.5 Å². The molecular weight excluding hydrogens is 617 g/mol. The van der Waals surface area contributed by atoms with Gasteiger partial charge in [0.2, 0.25) is 0 Å². The summed E-state index contributed by atoms with van der Waals surface area (Å²) in [6, 6.07) is 61.2. The molecule has 0 saturated carbocycles. The molecule has 2 nitrogen and oxygen atoms in total. The van der Waals surface area contributed by atoms with Crippen LogP contribution in [-0.4, -0.2) is 9.97 Å².